The van der Waals surface area contributed by atoms with E-state index in [0.29, 0.717) is 11.4 Å². The molecule has 0 atom stereocenters. The van der Waals surface area contributed by atoms with Crippen molar-refractivity contribution in [2.24, 2.45) is 0 Å². The summed E-state index contributed by atoms with van der Waals surface area (Å²) in [6.07, 6.45) is 0. The van der Waals surface area contributed by atoms with Crippen molar-refractivity contribution in [2.75, 3.05) is 18.2 Å². The van der Waals surface area contributed by atoms with Crippen molar-refractivity contribution in [1.82, 2.24) is 0 Å². The molecule has 0 spiro atoms. The number of nitrogen functional groups attached to an aromatic ring is 1. The summed E-state index contributed by atoms with van der Waals surface area (Å²) in [5.41, 5.74) is 5.67. The van der Waals surface area contributed by atoms with Gasteiger partial charge in [-0.15, -0.1) is 0 Å². The first-order valence-corrected chi connectivity index (χ1v) is 6.61. The van der Waals surface area contributed by atoms with Crippen LogP contribution in [0.2, 0.25) is 0 Å². The number of ether oxygens (including phenoxy) is 1. The molecule has 0 saturated heterocycles. The zero-order valence-electron chi connectivity index (χ0n) is 10.9. The lowest BCUT2D eigenvalue weighted by molar-refractivity contribution is 0.102. The zero-order chi connectivity index (χ0) is 15.6. The molecule has 1 amide bonds. The van der Waals surface area contributed by atoms with E-state index in [2.05, 4.69) is 21.2 Å². The van der Waals surface area contributed by atoms with Crippen LogP contribution in [0.3, 0.4) is 0 Å². The molecule has 2 aromatic carbocycles. The number of nitrogens with two attached hydrogens (primary N) is 1. The molecule has 4 nitrogen and oxygen atoms in total. The average molecular weight is 357 g/mol. The number of halogens is 3. The number of anilines is 2. The highest BCUT2D eigenvalue weighted by molar-refractivity contribution is 9.10. The average Bonchev–Trinajstić information content (AvgIpc) is 2.44. The Balaban J connectivity index is 2.28. The van der Waals surface area contributed by atoms with Crippen molar-refractivity contribution < 1.29 is 18.3 Å². The highest BCUT2D eigenvalue weighted by Gasteiger charge is 2.15. The molecule has 0 unspecified atom stereocenters. The SMILES string of the molecule is COc1cc(NC(=O)c2cc(F)c(F)cc2N)ccc1Br. The Bertz CT molecular complexity index is 708. The maximum Gasteiger partial charge on any atom is 0.257 e. The first kappa shape index (κ1) is 15.2. The molecule has 0 heterocycles. The molecule has 0 radical (unpaired) electrons. The van der Waals surface area contributed by atoms with Crippen LogP contribution in [-0.2, 0) is 0 Å². The molecule has 0 aliphatic carbocycles. The number of rotatable bonds is 3. The van der Waals surface area contributed by atoms with Crippen molar-refractivity contribution in [2.45, 2.75) is 0 Å². The van der Waals surface area contributed by atoms with Gasteiger partial charge in [-0.05, 0) is 34.1 Å². The van der Waals surface area contributed by atoms with Crippen molar-refractivity contribution in [3.05, 3.63) is 52.0 Å². The number of amides is 1. The quantitative estimate of drug-likeness (QED) is 0.826. The molecule has 0 bridgehead atoms. The number of nitrogens with one attached hydrogen (secondary N) is 1. The molecular weight excluding hydrogens is 346 g/mol. The topological polar surface area (TPSA) is 64.3 Å². The van der Waals surface area contributed by atoms with Crippen molar-refractivity contribution in [3.8, 4) is 5.75 Å². The monoisotopic (exact) mass is 356 g/mol. The van der Waals surface area contributed by atoms with E-state index in [0.717, 1.165) is 16.6 Å². The van der Waals surface area contributed by atoms with Gasteiger partial charge >= 0.3 is 0 Å². The molecule has 3 N–H and O–H groups in total. The highest BCUT2D eigenvalue weighted by atomic mass is 79.9. The van der Waals surface area contributed by atoms with Crippen LogP contribution in [0.4, 0.5) is 20.2 Å². The minimum absolute atomic E-state index is 0.143. The maximum atomic E-state index is 13.2. The lowest BCUT2D eigenvalue weighted by Crippen LogP contribution is -2.15. The van der Waals surface area contributed by atoms with E-state index in [4.69, 9.17) is 10.5 Å². The fraction of sp³-hybridized carbons (Fsp3) is 0.0714. The predicted octanol–water partition coefficient (Wildman–Crippen LogP) is 3.57. The van der Waals surface area contributed by atoms with Gasteiger partial charge in [-0.1, -0.05) is 0 Å². The number of hydrogen-bond acceptors (Lipinski definition) is 3. The second kappa shape index (κ2) is 6.09. The second-order valence-electron chi connectivity index (χ2n) is 4.16. The third-order valence-corrected chi connectivity index (χ3v) is 3.40. The van der Waals surface area contributed by atoms with Crippen molar-refractivity contribution in [3.63, 3.8) is 0 Å². The highest BCUT2D eigenvalue weighted by Crippen LogP contribution is 2.28. The Morgan fingerprint density at radius 3 is 2.57 bits per heavy atom. The molecule has 110 valence electrons. The van der Waals surface area contributed by atoms with Crippen LogP contribution in [0.25, 0.3) is 0 Å². The molecule has 0 saturated carbocycles. The Kier molecular flexibility index (Phi) is 4.42. The predicted molar refractivity (Wildman–Crippen MR) is 79.4 cm³/mol. The van der Waals surface area contributed by atoms with Crippen LogP contribution in [0.5, 0.6) is 5.75 Å². The first-order valence-electron chi connectivity index (χ1n) is 5.81. The van der Waals surface area contributed by atoms with Crippen molar-refractivity contribution in [1.29, 1.82) is 0 Å². The second-order valence-corrected chi connectivity index (χ2v) is 5.01. The smallest absolute Gasteiger partial charge is 0.257 e. The van der Waals surface area contributed by atoms with E-state index < -0.39 is 17.5 Å². The summed E-state index contributed by atoms with van der Waals surface area (Å²) in [6, 6.07) is 6.42. The minimum atomic E-state index is -1.14. The van der Waals surface area contributed by atoms with Gasteiger partial charge in [0.1, 0.15) is 5.75 Å². The Labute approximate surface area is 128 Å². The third-order valence-electron chi connectivity index (χ3n) is 2.75. The van der Waals surface area contributed by atoms with Crippen molar-refractivity contribution >= 4 is 33.2 Å². The molecule has 0 fully saturated rings. The minimum Gasteiger partial charge on any atom is -0.495 e. The molecule has 7 heteroatoms. The largest absolute Gasteiger partial charge is 0.495 e. The molecule has 0 aliphatic rings. The van der Waals surface area contributed by atoms with Gasteiger partial charge in [0.05, 0.1) is 17.1 Å². The van der Waals surface area contributed by atoms with Crippen LogP contribution in [0, 0.1) is 11.6 Å². The van der Waals surface area contributed by atoms with Gasteiger partial charge in [0.15, 0.2) is 11.6 Å². The summed E-state index contributed by atoms with van der Waals surface area (Å²) < 4.78 is 32.0. The van der Waals surface area contributed by atoms with Gasteiger partial charge in [-0.25, -0.2) is 8.78 Å². The maximum absolute atomic E-state index is 13.2. The first-order chi connectivity index (χ1) is 9.92. The Hall–Kier alpha value is -2.15. The van der Waals surface area contributed by atoms with Gasteiger partial charge in [-0.3, -0.25) is 4.79 Å². The fourth-order valence-electron chi connectivity index (χ4n) is 1.69. The summed E-state index contributed by atoms with van der Waals surface area (Å²) in [4.78, 5) is 12.1. The van der Waals surface area contributed by atoms with Gasteiger partial charge in [0.2, 0.25) is 0 Å². The summed E-state index contributed by atoms with van der Waals surface area (Å²) in [7, 11) is 1.49. The number of carbonyl (C=O) groups is 1. The van der Waals surface area contributed by atoms with E-state index >= 15 is 0 Å². The molecule has 2 rings (SSSR count). The molecular formula is C14H11BrF2N2O2. The van der Waals surface area contributed by atoms with E-state index in [1.165, 1.54) is 7.11 Å². The van der Waals surface area contributed by atoms with E-state index in [1.807, 2.05) is 0 Å². The number of hydrogen-bond donors (Lipinski definition) is 2. The molecule has 21 heavy (non-hydrogen) atoms. The summed E-state index contributed by atoms with van der Waals surface area (Å²) in [5.74, 6) is -2.36. The normalized spacial score (nSPS) is 10.3. The van der Waals surface area contributed by atoms with Gasteiger partial charge in [0.25, 0.3) is 5.91 Å². The number of carbonyl (C=O) groups excluding carboxylic acids is 1. The zero-order valence-corrected chi connectivity index (χ0v) is 12.5. The van der Waals surface area contributed by atoms with Gasteiger partial charge < -0.3 is 15.8 Å². The third kappa shape index (κ3) is 3.30. The van der Waals surface area contributed by atoms with Gasteiger partial charge in [-0.2, -0.15) is 0 Å². The Morgan fingerprint density at radius 2 is 1.90 bits per heavy atom. The van der Waals surface area contributed by atoms with Crippen LogP contribution < -0.4 is 15.8 Å². The summed E-state index contributed by atoms with van der Waals surface area (Å²) in [5, 5.41) is 2.54. The molecule has 2 aromatic rings. The summed E-state index contributed by atoms with van der Waals surface area (Å²) >= 11 is 3.28. The fourth-order valence-corrected chi connectivity index (χ4v) is 2.10. The van der Waals surface area contributed by atoms with Gasteiger partial charge in [0, 0.05) is 23.5 Å². The summed E-state index contributed by atoms with van der Waals surface area (Å²) in [6.45, 7) is 0. The molecule has 0 aliphatic heterocycles. The van der Waals surface area contributed by atoms with Crippen LogP contribution >= 0.6 is 15.9 Å². The Morgan fingerprint density at radius 1 is 1.24 bits per heavy atom. The number of benzene rings is 2. The van der Waals surface area contributed by atoms with Crippen LogP contribution in [-0.4, -0.2) is 13.0 Å². The molecule has 0 aromatic heterocycles. The van der Waals surface area contributed by atoms with Crippen LogP contribution in [0.1, 0.15) is 10.4 Å². The standard InChI is InChI=1S/C14H11BrF2N2O2/c1-21-13-4-7(2-3-9(13)15)19-14(20)8-5-10(16)11(17)6-12(8)18/h2-6H,18H2,1H3,(H,19,20). The van der Waals surface area contributed by atoms with Crippen LogP contribution in [0.15, 0.2) is 34.8 Å². The number of methoxy groups -OCH3 is 1. The lowest BCUT2D eigenvalue weighted by atomic mass is 10.1. The lowest BCUT2D eigenvalue weighted by Gasteiger charge is -2.10. The van der Waals surface area contributed by atoms with E-state index in [1.54, 1.807) is 18.2 Å². The van der Waals surface area contributed by atoms with E-state index in [9.17, 15) is 13.6 Å². The van der Waals surface area contributed by atoms with E-state index in [-0.39, 0.29) is 11.3 Å².